The van der Waals surface area contributed by atoms with Gasteiger partial charge in [0.15, 0.2) is 5.75 Å². The highest BCUT2D eigenvalue weighted by molar-refractivity contribution is 5.99. The van der Waals surface area contributed by atoms with Crippen LogP contribution in [0.5, 0.6) is 5.75 Å². The van der Waals surface area contributed by atoms with Crippen LogP contribution in [0.1, 0.15) is 18.9 Å². The predicted molar refractivity (Wildman–Crippen MR) is 74.1 cm³/mol. The number of nitrogens with one attached hydrogen (secondary N) is 2. The van der Waals surface area contributed by atoms with Crippen molar-refractivity contribution in [2.45, 2.75) is 19.8 Å². The van der Waals surface area contributed by atoms with Crippen LogP contribution in [0, 0.1) is 10.1 Å². The van der Waals surface area contributed by atoms with Gasteiger partial charge in [0.25, 0.3) is 0 Å². The number of ether oxygens (including phenoxy) is 1. The van der Waals surface area contributed by atoms with E-state index in [-0.39, 0.29) is 23.8 Å². The predicted octanol–water partition coefficient (Wildman–Crippen LogP) is 1.47. The molecule has 1 aromatic rings. The molecule has 0 saturated heterocycles. The number of benzene rings is 1. The molecule has 0 unspecified atom stereocenters. The first-order chi connectivity index (χ1) is 9.61. The van der Waals surface area contributed by atoms with E-state index in [0.717, 1.165) is 13.0 Å². The summed E-state index contributed by atoms with van der Waals surface area (Å²) in [4.78, 5) is 21.8. The third-order valence-electron chi connectivity index (χ3n) is 2.97. The summed E-state index contributed by atoms with van der Waals surface area (Å²) in [7, 11) is 0. The third-order valence-corrected chi connectivity index (χ3v) is 2.97. The number of nitro benzene ring substituents is 1. The summed E-state index contributed by atoms with van der Waals surface area (Å²) in [6.45, 7) is 3.90. The minimum atomic E-state index is -0.488. The lowest BCUT2D eigenvalue weighted by Gasteiger charge is -2.09. The van der Waals surface area contributed by atoms with Gasteiger partial charge in [-0.1, -0.05) is 6.92 Å². The summed E-state index contributed by atoms with van der Waals surface area (Å²) >= 11 is 0. The van der Waals surface area contributed by atoms with Crippen molar-refractivity contribution in [1.29, 1.82) is 0 Å². The van der Waals surface area contributed by atoms with Crippen molar-refractivity contribution in [2.24, 2.45) is 0 Å². The van der Waals surface area contributed by atoms with Crippen molar-refractivity contribution in [3.63, 3.8) is 0 Å². The monoisotopic (exact) mass is 279 g/mol. The minimum Gasteiger partial charge on any atom is -0.485 e. The Kier molecular flexibility index (Phi) is 4.52. The maximum atomic E-state index is 11.3. The highest BCUT2D eigenvalue weighted by atomic mass is 16.6. The maximum absolute atomic E-state index is 11.3. The van der Waals surface area contributed by atoms with E-state index in [4.69, 9.17) is 4.74 Å². The maximum Gasteiger partial charge on any atom is 0.311 e. The van der Waals surface area contributed by atoms with Gasteiger partial charge in [-0.05, 0) is 18.5 Å². The van der Waals surface area contributed by atoms with Gasteiger partial charge < -0.3 is 15.4 Å². The van der Waals surface area contributed by atoms with Crippen molar-refractivity contribution in [2.75, 3.05) is 25.0 Å². The lowest BCUT2D eigenvalue weighted by atomic mass is 10.1. The quantitative estimate of drug-likeness (QED) is 0.448. The summed E-state index contributed by atoms with van der Waals surface area (Å²) in [6, 6.07) is 2.93. The van der Waals surface area contributed by atoms with Gasteiger partial charge in [-0.15, -0.1) is 0 Å². The van der Waals surface area contributed by atoms with Crippen molar-refractivity contribution < 1.29 is 14.5 Å². The molecule has 0 aromatic heterocycles. The van der Waals surface area contributed by atoms with E-state index >= 15 is 0 Å². The molecule has 2 N–H and O–H groups in total. The Hall–Kier alpha value is -2.15. The zero-order valence-electron chi connectivity index (χ0n) is 11.3. The molecule has 1 amide bonds. The van der Waals surface area contributed by atoms with Crippen molar-refractivity contribution in [3.05, 3.63) is 27.8 Å². The third kappa shape index (κ3) is 3.24. The van der Waals surface area contributed by atoms with Crippen molar-refractivity contribution >= 4 is 17.3 Å². The minimum absolute atomic E-state index is 0.101. The highest BCUT2D eigenvalue weighted by Crippen LogP contribution is 2.35. The van der Waals surface area contributed by atoms with Crippen molar-refractivity contribution in [1.82, 2.24) is 5.32 Å². The molecule has 20 heavy (non-hydrogen) atoms. The fourth-order valence-electron chi connectivity index (χ4n) is 2.03. The number of nitro groups is 1. The van der Waals surface area contributed by atoms with E-state index in [0.29, 0.717) is 24.4 Å². The normalized spacial score (nSPS) is 12.9. The number of nitrogens with zero attached hydrogens (tertiary/aromatic N) is 1. The Morgan fingerprint density at radius 2 is 2.25 bits per heavy atom. The van der Waals surface area contributed by atoms with E-state index in [1.165, 1.54) is 12.1 Å². The Labute approximate surface area is 116 Å². The number of carbonyl (C=O) groups excluding carboxylic acids is 1. The van der Waals surface area contributed by atoms with E-state index in [9.17, 15) is 14.9 Å². The average Bonchev–Trinajstić information content (AvgIpc) is 2.76. The van der Waals surface area contributed by atoms with Gasteiger partial charge in [-0.2, -0.15) is 0 Å². The van der Waals surface area contributed by atoms with Gasteiger partial charge in [-0.25, -0.2) is 0 Å². The summed E-state index contributed by atoms with van der Waals surface area (Å²) < 4.78 is 5.45. The molecule has 0 atom stereocenters. The highest BCUT2D eigenvalue weighted by Gasteiger charge is 2.25. The Morgan fingerprint density at radius 3 is 2.95 bits per heavy atom. The van der Waals surface area contributed by atoms with Gasteiger partial charge in [0, 0.05) is 24.4 Å². The average molecular weight is 279 g/mol. The molecule has 7 nitrogen and oxygen atoms in total. The van der Waals surface area contributed by atoms with Gasteiger partial charge in [0.2, 0.25) is 5.91 Å². The number of rotatable bonds is 7. The lowest BCUT2D eigenvalue weighted by Crippen LogP contribution is -2.21. The summed E-state index contributed by atoms with van der Waals surface area (Å²) in [5.41, 5.74) is 1.13. The second kappa shape index (κ2) is 6.33. The lowest BCUT2D eigenvalue weighted by molar-refractivity contribution is -0.385. The van der Waals surface area contributed by atoms with Gasteiger partial charge in [-0.3, -0.25) is 14.9 Å². The molecule has 0 fully saturated rings. The smallest absolute Gasteiger partial charge is 0.311 e. The number of hydrogen-bond donors (Lipinski definition) is 2. The Bertz CT molecular complexity index is 531. The molecule has 0 spiro atoms. The molecule has 1 aliphatic rings. The number of hydrogen-bond acceptors (Lipinski definition) is 5. The first-order valence-corrected chi connectivity index (χ1v) is 6.56. The molecule has 2 rings (SSSR count). The molecule has 108 valence electrons. The molecule has 1 heterocycles. The van der Waals surface area contributed by atoms with Crippen LogP contribution < -0.4 is 15.4 Å². The van der Waals surface area contributed by atoms with Crippen LogP contribution in [0.3, 0.4) is 0 Å². The number of anilines is 1. The topological polar surface area (TPSA) is 93.5 Å². The number of carbonyl (C=O) groups is 1. The van der Waals surface area contributed by atoms with Crippen LogP contribution in [-0.4, -0.2) is 30.5 Å². The van der Waals surface area contributed by atoms with E-state index < -0.39 is 4.92 Å². The Morgan fingerprint density at radius 1 is 1.45 bits per heavy atom. The van der Waals surface area contributed by atoms with Crippen LogP contribution in [0.15, 0.2) is 12.1 Å². The number of amides is 1. The van der Waals surface area contributed by atoms with Crippen LogP contribution in [0.2, 0.25) is 0 Å². The van der Waals surface area contributed by atoms with Gasteiger partial charge in [0.05, 0.1) is 11.3 Å². The zero-order valence-corrected chi connectivity index (χ0v) is 11.3. The molecular weight excluding hydrogens is 262 g/mol. The molecule has 0 radical (unpaired) electrons. The summed E-state index contributed by atoms with van der Waals surface area (Å²) in [5, 5.41) is 16.8. The van der Waals surface area contributed by atoms with Crippen LogP contribution in [-0.2, 0) is 11.2 Å². The SMILES string of the molecule is CCCNCCOc1cc2c(cc1[N+](=O)[O-])CC(=O)N2. The zero-order chi connectivity index (χ0) is 14.5. The Balaban J connectivity index is 2.09. The fourth-order valence-corrected chi connectivity index (χ4v) is 2.03. The second-order valence-electron chi connectivity index (χ2n) is 4.56. The number of fused-ring (bicyclic) bond motifs is 1. The molecule has 0 bridgehead atoms. The molecule has 1 aliphatic heterocycles. The molecule has 7 heteroatoms. The standard InChI is InChI=1S/C13H17N3O4/c1-2-3-14-4-5-20-12-8-10-9(7-13(17)15-10)6-11(12)16(18)19/h6,8,14H,2-5,7H2,1H3,(H,15,17). The summed E-state index contributed by atoms with van der Waals surface area (Å²) in [6.07, 6.45) is 1.19. The van der Waals surface area contributed by atoms with Gasteiger partial charge in [0.1, 0.15) is 6.61 Å². The second-order valence-corrected chi connectivity index (χ2v) is 4.56. The fraction of sp³-hybridized carbons (Fsp3) is 0.462. The largest absolute Gasteiger partial charge is 0.485 e. The van der Waals surface area contributed by atoms with Crippen LogP contribution in [0.4, 0.5) is 11.4 Å². The van der Waals surface area contributed by atoms with E-state index in [2.05, 4.69) is 17.6 Å². The van der Waals surface area contributed by atoms with E-state index in [1.807, 2.05) is 0 Å². The first-order valence-electron chi connectivity index (χ1n) is 6.56. The van der Waals surface area contributed by atoms with Crippen molar-refractivity contribution in [3.8, 4) is 5.75 Å². The van der Waals surface area contributed by atoms with Crippen LogP contribution >= 0.6 is 0 Å². The summed E-state index contributed by atoms with van der Waals surface area (Å²) in [5.74, 6) is 0.0327. The van der Waals surface area contributed by atoms with Crippen LogP contribution in [0.25, 0.3) is 0 Å². The molecule has 1 aromatic carbocycles. The van der Waals surface area contributed by atoms with Gasteiger partial charge >= 0.3 is 5.69 Å². The van der Waals surface area contributed by atoms with E-state index in [1.54, 1.807) is 0 Å². The molecule has 0 aliphatic carbocycles. The molecular formula is C13H17N3O4. The first kappa shape index (κ1) is 14.3. The molecule has 0 saturated carbocycles.